The van der Waals surface area contributed by atoms with Crippen LogP contribution in [0.3, 0.4) is 0 Å². The summed E-state index contributed by atoms with van der Waals surface area (Å²) >= 11 is 0. The van der Waals surface area contributed by atoms with Crippen molar-refractivity contribution in [3.05, 3.63) is 28.8 Å². The zero-order valence-corrected chi connectivity index (χ0v) is 16.3. The number of hydrogen-bond donors (Lipinski definition) is 0. The Bertz CT molecular complexity index is 439. The number of benzene rings is 1. The molecule has 1 aromatic rings. The highest BCUT2D eigenvalue weighted by atomic mass is 28.3. The maximum absolute atomic E-state index is 2.52. The molecule has 1 heteroatoms. The van der Waals surface area contributed by atoms with Crippen molar-refractivity contribution in [1.29, 1.82) is 0 Å². The van der Waals surface area contributed by atoms with E-state index in [4.69, 9.17) is 0 Å². The molecule has 0 fully saturated rings. The first-order valence-electron chi connectivity index (χ1n) is 8.04. The van der Waals surface area contributed by atoms with Crippen molar-refractivity contribution in [2.75, 3.05) is 0 Å². The van der Waals surface area contributed by atoms with Gasteiger partial charge in [0.25, 0.3) is 0 Å². The first kappa shape index (κ1) is 17.5. The summed E-state index contributed by atoms with van der Waals surface area (Å²) in [5.74, 6) is 1.19. The van der Waals surface area contributed by atoms with E-state index in [1.807, 2.05) is 0 Å². The zero-order chi connectivity index (χ0) is 15.9. The Balaban J connectivity index is 3.74. The van der Waals surface area contributed by atoms with Crippen molar-refractivity contribution in [3.8, 4) is 0 Å². The highest BCUT2D eigenvalue weighted by Crippen LogP contribution is 2.36. The average molecular weight is 291 g/mol. The second-order valence-corrected chi connectivity index (χ2v) is 13.9. The summed E-state index contributed by atoms with van der Waals surface area (Å²) in [7, 11) is -1.27. The molecule has 0 saturated carbocycles. The van der Waals surface area contributed by atoms with E-state index >= 15 is 0 Å². The van der Waals surface area contributed by atoms with Crippen molar-refractivity contribution < 1.29 is 0 Å². The van der Waals surface area contributed by atoms with Crippen molar-refractivity contribution >= 4 is 13.3 Å². The van der Waals surface area contributed by atoms with Crippen LogP contribution < -0.4 is 5.19 Å². The summed E-state index contributed by atoms with van der Waals surface area (Å²) in [5.41, 5.74) is 4.95. The van der Waals surface area contributed by atoms with Gasteiger partial charge in [-0.05, 0) is 33.9 Å². The fourth-order valence-corrected chi connectivity index (χ4v) is 4.07. The quantitative estimate of drug-likeness (QED) is 0.619. The predicted molar refractivity (Wildman–Crippen MR) is 96.3 cm³/mol. The Kier molecular flexibility index (Phi) is 4.96. The standard InChI is InChI=1S/C19H34Si/c1-13(2)16-11-15(20(8,9)10)12-17(14(3)4)18(16)19(5,6)7/h11-14H,1-10H3. The van der Waals surface area contributed by atoms with E-state index < -0.39 is 8.07 Å². The van der Waals surface area contributed by atoms with Crippen LogP contribution in [0.25, 0.3) is 0 Å². The van der Waals surface area contributed by atoms with Gasteiger partial charge < -0.3 is 0 Å². The second kappa shape index (κ2) is 5.67. The first-order chi connectivity index (χ1) is 8.85. The Hall–Kier alpha value is -0.563. The molecule has 114 valence electrons. The van der Waals surface area contributed by atoms with Crippen LogP contribution in [-0.2, 0) is 5.41 Å². The van der Waals surface area contributed by atoms with Crippen LogP contribution in [0.2, 0.25) is 19.6 Å². The average Bonchev–Trinajstić information content (AvgIpc) is 2.24. The summed E-state index contributed by atoms with van der Waals surface area (Å²) in [6.07, 6.45) is 0. The van der Waals surface area contributed by atoms with Crippen molar-refractivity contribution in [2.45, 2.75) is 85.4 Å². The normalized spacial score (nSPS) is 13.4. The Morgan fingerprint density at radius 3 is 1.35 bits per heavy atom. The first-order valence-corrected chi connectivity index (χ1v) is 11.5. The molecule has 1 aromatic carbocycles. The van der Waals surface area contributed by atoms with Gasteiger partial charge in [-0.1, -0.05) is 85.4 Å². The van der Waals surface area contributed by atoms with Crippen LogP contribution in [0, 0.1) is 0 Å². The summed E-state index contributed by atoms with van der Waals surface area (Å²) in [6.45, 7) is 23.8. The Morgan fingerprint density at radius 1 is 0.800 bits per heavy atom. The fraction of sp³-hybridized carbons (Fsp3) is 0.684. The van der Waals surface area contributed by atoms with Crippen LogP contribution in [-0.4, -0.2) is 8.07 Å². The van der Waals surface area contributed by atoms with Gasteiger partial charge in [0, 0.05) is 0 Å². The van der Waals surface area contributed by atoms with E-state index in [1.165, 1.54) is 0 Å². The van der Waals surface area contributed by atoms with E-state index in [2.05, 4.69) is 80.2 Å². The van der Waals surface area contributed by atoms with E-state index in [0.717, 1.165) is 0 Å². The molecule has 0 radical (unpaired) electrons. The monoisotopic (exact) mass is 290 g/mol. The van der Waals surface area contributed by atoms with Gasteiger partial charge >= 0.3 is 0 Å². The molecular formula is C19H34Si. The maximum atomic E-state index is 2.52. The van der Waals surface area contributed by atoms with Gasteiger partial charge in [-0.3, -0.25) is 0 Å². The lowest BCUT2D eigenvalue weighted by Crippen LogP contribution is -2.39. The van der Waals surface area contributed by atoms with Crippen LogP contribution >= 0.6 is 0 Å². The third-order valence-electron chi connectivity index (χ3n) is 4.06. The smallest absolute Gasteiger partial charge is 0.0656 e. The third kappa shape index (κ3) is 3.75. The van der Waals surface area contributed by atoms with E-state index in [1.54, 1.807) is 21.9 Å². The SMILES string of the molecule is CC(C)c1cc([Si](C)(C)C)cc(C(C)C)c1C(C)(C)C. The van der Waals surface area contributed by atoms with Gasteiger partial charge in [0.15, 0.2) is 0 Å². The van der Waals surface area contributed by atoms with Crippen molar-refractivity contribution in [3.63, 3.8) is 0 Å². The summed E-state index contributed by atoms with van der Waals surface area (Å²) < 4.78 is 0. The topological polar surface area (TPSA) is 0 Å². The molecule has 0 aliphatic carbocycles. The third-order valence-corrected chi connectivity index (χ3v) is 6.08. The highest BCUT2D eigenvalue weighted by Gasteiger charge is 2.27. The molecule has 0 N–H and O–H groups in total. The largest absolute Gasteiger partial charge is 0.0776 e. The molecule has 1 rings (SSSR count). The fourth-order valence-electron chi connectivity index (χ4n) is 2.90. The van der Waals surface area contributed by atoms with E-state index in [-0.39, 0.29) is 5.41 Å². The van der Waals surface area contributed by atoms with Crippen molar-refractivity contribution in [2.24, 2.45) is 0 Å². The summed E-state index contributed by atoms with van der Waals surface area (Å²) in [6, 6.07) is 5.03. The highest BCUT2D eigenvalue weighted by molar-refractivity contribution is 6.88. The molecule has 0 nitrogen and oxygen atoms in total. The summed E-state index contributed by atoms with van der Waals surface area (Å²) in [5, 5.41) is 1.61. The van der Waals surface area contributed by atoms with Crippen LogP contribution in [0.4, 0.5) is 0 Å². The molecule has 0 amide bonds. The lowest BCUT2D eigenvalue weighted by molar-refractivity contribution is 0.564. The number of hydrogen-bond acceptors (Lipinski definition) is 0. The second-order valence-electron chi connectivity index (χ2n) is 8.84. The van der Waals surface area contributed by atoms with Crippen LogP contribution in [0.5, 0.6) is 0 Å². The Labute approximate surface area is 128 Å². The molecule has 0 spiro atoms. The molecule has 0 saturated heterocycles. The summed E-state index contributed by atoms with van der Waals surface area (Å²) in [4.78, 5) is 0. The zero-order valence-electron chi connectivity index (χ0n) is 15.3. The maximum Gasteiger partial charge on any atom is 0.0776 e. The molecule has 0 atom stereocenters. The molecule has 0 aliphatic rings. The molecule has 0 heterocycles. The van der Waals surface area contributed by atoms with Crippen LogP contribution in [0.15, 0.2) is 12.1 Å². The van der Waals surface area contributed by atoms with Crippen molar-refractivity contribution in [1.82, 2.24) is 0 Å². The Morgan fingerprint density at radius 2 is 1.15 bits per heavy atom. The van der Waals surface area contributed by atoms with E-state index in [0.29, 0.717) is 11.8 Å². The predicted octanol–water partition coefficient (Wildman–Crippen LogP) is 5.78. The minimum Gasteiger partial charge on any atom is -0.0656 e. The minimum atomic E-state index is -1.27. The molecule has 0 aliphatic heterocycles. The van der Waals surface area contributed by atoms with Gasteiger partial charge in [-0.2, -0.15) is 0 Å². The minimum absolute atomic E-state index is 0.219. The molecular weight excluding hydrogens is 256 g/mol. The van der Waals surface area contributed by atoms with Gasteiger partial charge in [-0.15, -0.1) is 0 Å². The molecule has 0 aromatic heterocycles. The van der Waals surface area contributed by atoms with Gasteiger partial charge in [0.05, 0.1) is 8.07 Å². The number of rotatable bonds is 3. The van der Waals surface area contributed by atoms with Crippen LogP contribution in [0.1, 0.15) is 77.0 Å². The lowest BCUT2D eigenvalue weighted by atomic mass is 9.75. The van der Waals surface area contributed by atoms with Gasteiger partial charge in [-0.25, -0.2) is 0 Å². The molecule has 0 unspecified atom stereocenters. The van der Waals surface area contributed by atoms with E-state index in [9.17, 15) is 0 Å². The lowest BCUT2D eigenvalue weighted by Gasteiger charge is -2.32. The van der Waals surface area contributed by atoms with Gasteiger partial charge in [0.2, 0.25) is 0 Å². The molecule has 0 bridgehead atoms. The molecule has 20 heavy (non-hydrogen) atoms. The van der Waals surface area contributed by atoms with Gasteiger partial charge in [0.1, 0.15) is 0 Å².